The zero-order chi connectivity index (χ0) is 10.5. The summed E-state index contributed by atoms with van der Waals surface area (Å²) in [7, 11) is 0. The molecule has 82 valence electrons. The Hall–Kier alpha value is -1.16. The highest BCUT2D eigenvalue weighted by molar-refractivity contribution is 5.32. The fourth-order valence-electron chi connectivity index (χ4n) is 1.83. The van der Waals surface area contributed by atoms with Crippen molar-refractivity contribution in [2.24, 2.45) is 5.92 Å². The van der Waals surface area contributed by atoms with Gasteiger partial charge >= 0.3 is 0 Å². The fraction of sp³-hybridized carbons (Fsp3) is 0.636. The topological polar surface area (TPSA) is 49.8 Å². The highest BCUT2D eigenvalue weighted by Gasteiger charge is 2.12. The molecule has 1 saturated heterocycles. The summed E-state index contributed by atoms with van der Waals surface area (Å²) in [6.07, 6.45) is 2.51. The highest BCUT2D eigenvalue weighted by Crippen LogP contribution is 2.12. The van der Waals surface area contributed by atoms with E-state index in [0.717, 1.165) is 37.1 Å². The molecule has 0 saturated carbocycles. The molecule has 0 aliphatic carbocycles. The minimum atomic E-state index is 0.773. The highest BCUT2D eigenvalue weighted by atomic mass is 15.2. The third kappa shape index (κ3) is 3.16. The maximum Gasteiger partial charge on any atom is 0.148 e. The predicted octanol–water partition coefficient (Wildman–Crippen LogP) is 1.20. The van der Waals surface area contributed by atoms with Crippen molar-refractivity contribution in [3.63, 3.8) is 0 Å². The fourth-order valence-corrected chi connectivity index (χ4v) is 1.83. The summed E-state index contributed by atoms with van der Waals surface area (Å²) in [4.78, 5) is 0. The van der Waals surface area contributed by atoms with Crippen molar-refractivity contribution >= 4 is 5.82 Å². The zero-order valence-electron chi connectivity index (χ0n) is 9.16. The SMILES string of the molecule is Cc1ccc(NCC2CCNCC2)nn1. The van der Waals surface area contributed by atoms with Gasteiger partial charge in [0, 0.05) is 6.54 Å². The average molecular weight is 206 g/mol. The maximum absolute atomic E-state index is 4.09. The smallest absolute Gasteiger partial charge is 0.148 e. The maximum atomic E-state index is 4.09. The van der Waals surface area contributed by atoms with Crippen molar-refractivity contribution in [1.82, 2.24) is 15.5 Å². The number of hydrogen-bond acceptors (Lipinski definition) is 4. The van der Waals surface area contributed by atoms with Crippen LogP contribution in [-0.2, 0) is 0 Å². The molecule has 0 amide bonds. The van der Waals surface area contributed by atoms with Gasteiger partial charge in [-0.3, -0.25) is 0 Å². The first kappa shape index (κ1) is 10.4. The average Bonchev–Trinajstić information content (AvgIpc) is 2.30. The second kappa shape index (κ2) is 5.07. The Labute approximate surface area is 90.5 Å². The monoisotopic (exact) mass is 206 g/mol. The first-order valence-corrected chi connectivity index (χ1v) is 5.59. The van der Waals surface area contributed by atoms with Crippen molar-refractivity contribution in [2.75, 3.05) is 25.0 Å². The van der Waals surface area contributed by atoms with E-state index in [0.29, 0.717) is 0 Å². The Morgan fingerprint density at radius 1 is 1.33 bits per heavy atom. The van der Waals surface area contributed by atoms with Crippen LogP contribution in [-0.4, -0.2) is 29.8 Å². The van der Waals surface area contributed by atoms with E-state index in [4.69, 9.17) is 0 Å². The summed E-state index contributed by atoms with van der Waals surface area (Å²) in [5.41, 5.74) is 0.961. The molecule has 1 aliphatic rings. The summed E-state index contributed by atoms with van der Waals surface area (Å²) >= 11 is 0. The minimum Gasteiger partial charge on any atom is -0.368 e. The van der Waals surface area contributed by atoms with Crippen LogP contribution in [0.3, 0.4) is 0 Å². The number of nitrogens with one attached hydrogen (secondary N) is 2. The van der Waals surface area contributed by atoms with E-state index in [1.165, 1.54) is 12.8 Å². The lowest BCUT2D eigenvalue weighted by atomic mass is 9.98. The van der Waals surface area contributed by atoms with E-state index in [1.807, 2.05) is 19.1 Å². The molecule has 1 aromatic rings. The summed E-state index contributed by atoms with van der Waals surface area (Å²) in [6, 6.07) is 3.97. The van der Waals surface area contributed by atoms with Gasteiger partial charge in [-0.25, -0.2) is 0 Å². The molecule has 0 aromatic carbocycles. The first-order chi connectivity index (χ1) is 7.34. The molecule has 0 spiro atoms. The number of anilines is 1. The van der Waals surface area contributed by atoms with Crippen LogP contribution in [0, 0.1) is 12.8 Å². The van der Waals surface area contributed by atoms with E-state index < -0.39 is 0 Å². The van der Waals surface area contributed by atoms with E-state index in [9.17, 15) is 0 Å². The molecule has 4 nitrogen and oxygen atoms in total. The Morgan fingerprint density at radius 2 is 2.13 bits per heavy atom. The number of aryl methyl sites for hydroxylation is 1. The van der Waals surface area contributed by atoms with Crippen molar-refractivity contribution in [2.45, 2.75) is 19.8 Å². The molecule has 1 fully saturated rings. The molecular formula is C11H18N4. The van der Waals surface area contributed by atoms with Crippen LogP contribution < -0.4 is 10.6 Å². The van der Waals surface area contributed by atoms with Crippen molar-refractivity contribution < 1.29 is 0 Å². The standard InChI is InChI=1S/C11H18N4/c1-9-2-3-11(15-14-9)13-8-10-4-6-12-7-5-10/h2-3,10,12H,4-8H2,1H3,(H,13,15). The molecule has 1 aromatic heterocycles. The Kier molecular flexibility index (Phi) is 3.50. The molecule has 15 heavy (non-hydrogen) atoms. The molecule has 0 bridgehead atoms. The van der Waals surface area contributed by atoms with Gasteiger partial charge in [-0.05, 0) is 50.9 Å². The van der Waals surface area contributed by atoms with Crippen molar-refractivity contribution in [3.8, 4) is 0 Å². The van der Waals surface area contributed by atoms with Gasteiger partial charge in [0.2, 0.25) is 0 Å². The van der Waals surface area contributed by atoms with E-state index in [2.05, 4.69) is 20.8 Å². The number of nitrogens with zero attached hydrogens (tertiary/aromatic N) is 2. The van der Waals surface area contributed by atoms with Crippen molar-refractivity contribution in [1.29, 1.82) is 0 Å². The van der Waals surface area contributed by atoms with Gasteiger partial charge in [0.1, 0.15) is 5.82 Å². The zero-order valence-corrected chi connectivity index (χ0v) is 9.16. The minimum absolute atomic E-state index is 0.773. The van der Waals surface area contributed by atoms with Crippen LogP contribution in [0.1, 0.15) is 18.5 Å². The Morgan fingerprint density at radius 3 is 2.80 bits per heavy atom. The molecule has 4 heteroatoms. The quantitative estimate of drug-likeness (QED) is 0.780. The molecule has 2 heterocycles. The molecule has 2 N–H and O–H groups in total. The van der Waals surface area contributed by atoms with Crippen LogP contribution in [0.2, 0.25) is 0 Å². The van der Waals surface area contributed by atoms with E-state index in [1.54, 1.807) is 0 Å². The number of aromatic nitrogens is 2. The third-order valence-corrected chi connectivity index (χ3v) is 2.83. The summed E-state index contributed by atoms with van der Waals surface area (Å²) in [5.74, 6) is 1.66. The van der Waals surface area contributed by atoms with Crippen LogP contribution >= 0.6 is 0 Å². The third-order valence-electron chi connectivity index (χ3n) is 2.83. The normalized spacial score (nSPS) is 17.7. The number of piperidine rings is 1. The second-order valence-electron chi connectivity index (χ2n) is 4.13. The van der Waals surface area contributed by atoms with Gasteiger partial charge < -0.3 is 10.6 Å². The molecule has 2 rings (SSSR count). The van der Waals surface area contributed by atoms with E-state index >= 15 is 0 Å². The van der Waals surface area contributed by atoms with Gasteiger partial charge in [-0.2, -0.15) is 5.10 Å². The Bertz CT molecular complexity index is 290. The number of rotatable bonds is 3. The lowest BCUT2D eigenvalue weighted by Crippen LogP contribution is -2.31. The van der Waals surface area contributed by atoms with Crippen LogP contribution in [0.25, 0.3) is 0 Å². The lowest BCUT2D eigenvalue weighted by Gasteiger charge is -2.22. The van der Waals surface area contributed by atoms with Gasteiger partial charge in [0.05, 0.1) is 5.69 Å². The van der Waals surface area contributed by atoms with Crippen LogP contribution in [0.4, 0.5) is 5.82 Å². The first-order valence-electron chi connectivity index (χ1n) is 5.59. The summed E-state index contributed by atoms with van der Waals surface area (Å²) < 4.78 is 0. The van der Waals surface area contributed by atoms with Gasteiger partial charge in [-0.15, -0.1) is 5.10 Å². The van der Waals surface area contributed by atoms with Crippen LogP contribution in [0.5, 0.6) is 0 Å². The lowest BCUT2D eigenvalue weighted by molar-refractivity contribution is 0.389. The molecule has 0 unspecified atom stereocenters. The van der Waals surface area contributed by atoms with Gasteiger partial charge in [0.15, 0.2) is 0 Å². The second-order valence-corrected chi connectivity index (χ2v) is 4.13. The predicted molar refractivity (Wildman–Crippen MR) is 60.9 cm³/mol. The molecule has 0 atom stereocenters. The number of hydrogen-bond donors (Lipinski definition) is 2. The largest absolute Gasteiger partial charge is 0.368 e. The van der Waals surface area contributed by atoms with Gasteiger partial charge in [-0.1, -0.05) is 0 Å². The van der Waals surface area contributed by atoms with Gasteiger partial charge in [0.25, 0.3) is 0 Å². The summed E-state index contributed by atoms with van der Waals surface area (Å²) in [6.45, 7) is 5.25. The van der Waals surface area contributed by atoms with E-state index in [-0.39, 0.29) is 0 Å². The Balaban J connectivity index is 1.79. The summed E-state index contributed by atoms with van der Waals surface area (Å²) in [5, 5.41) is 14.8. The van der Waals surface area contributed by atoms with Crippen molar-refractivity contribution in [3.05, 3.63) is 17.8 Å². The molecule has 1 aliphatic heterocycles. The van der Waals surface area contributed by atoms with Crippen LogP contribution in [0.15, 0.2) is 12.1 Å². The molecular weight excluding hydrogens is 188 g/mol. The molecule has 0 radical (unpaired) electrons.